The highest BCUT2D eigenvalue weighted by atomic mass is 16.3. The number of aliphatic hydroxyl groups is 3. The van der Waals surface area contributed by atoms with Gasteiger partial charge >= 0.3 is 0 Å². The number of carbonyl (C=O) groups excluding carboxylic acids is 1. The van der Waals surface area contributed by atoms with Crippen molar-refractivity contribution >= 4 is 5.91 Å². The standard InChI is InChI=1S/C40H75NO4/c1-3-5-7-9-11-13-14-15-16-17-18-19-20-21-22-23-24-25-26-28-30-32-34-39(44)38(36-42)41-40(45)35-37(43)33-31-29-27-12-10-8-6-4-2/h10,12,25-26,32,34,37-39,42-44H,3-9,11,13-24,27-31,33,35-36H2,1-2H3,(H,41,45)/b12-10-,26-25+,34-32+. The molecule has 264 valence electrons. The van der Waals surface area contributed by atoms with Gasteiger partial charge in [0.25, 0.3) is 0 Å². The van der Waals surface area contributed by atoms with Gasteiger partial charge < -0.3 is 20.6 Å². The van der Waals surface area contributed by atoms with Gasteiger partial charge in [0.1, 0.15) is 0 Å². The minimum atomic E-state index is -0.954. The van der Waals surface area contributed by atoms with Gasteiger partial charge in [-0.05, 0) is 51.4 Å². The number of aliphatic hydroxyl groups excluding tert-OH is 3. The monoisotopic (exact) mass is 634 g/mol. The number of carbonyl (C=O) groups is 1. The predicted molar refractivity (Wildman–Crippen MR) is 194 cm³/mol. The summed E-state index contributed by atoms with van der Waals surface area (Å²) in [6.45, 7) is 4.12. The summed E-state index contributed by atoms with van der Waals surface area (Å²) in [6, 6.07) is -0.764. The van der Waals surface area contributed by atoms with Crippen LogP contribution in [0, 0.1) is 0 Å². The van der Waals surface area contributed by atoms with Gasteiger partial charge in [0.15, 0.2) is 0 Å². The van der Waals surface area contributed by atoms with Crippen molar-refractivity contribution in [1.29, 1.82) is 0 Å². The van der Waals surface area contributed by atoms with Crippen LogP contribution in [0.15, 0.2) is 36.5 Å². The summed E-state index contributed by atoms with van der Waals surface area (Å²) in [5, 5.41) is 32.9. The number of amides is 1. The van der Waals surface area contributed by atoms with Gasteiger partial charge in [0, 0.05) is 0 Å². The van der Waals surface area contributed by atoms with Crippen LogP contribution < -0.4 is 5.32 Å². The maximum Gasteiger partial charge on any atom is 0.222 e. The van der Waals surface area contributed by atoms with Crippen LogP contribution >= 0.6 is 0 Å². The highest BCUT2D eigenvalue weighted by Crippen LogP contribution is 2.14. The summed E-state index contributed by atoms with van der Waals surface area (Å²) in [6.07, 6.45) is 43.0. The lowest BCUT2D eigenvalue weighted by Gasteiger charge is -2.20. The van der Waals surface area contributed by atoms with Gasteiger partial charge in [-0.25, -0.2) is 0 Å². The number of allylic oxidation sites excluding steroid dienone is 5. The molecule has 3 unspecified atom stereocenters. The molecule has 45 heavy (non-hydrogen) atoms. The predicted octanol–water partition coefficient (Wildman–Crippen LogP) is 10.4. The van der Waals surface area contributed by atoms with Crippen LogP contribution in [-0.2, 0) is 4.79 Å². The maximum absolute atomic E-state index is 12.3. The van der Waals surface area contributed by atoms with Crippen LogP contribution in [0.4, 0.5) is 0 Å². The number of hydrogen-bond donors (Lipinski definition) is 4. The molecule has 0 saturated carbocycles. The number of nitrogens with one attached hydrogen (secondary N) is 1. The van der Waals surface area contributed by atoms with Crippen LogP contribution in [-0.4, -0.2) is 46.1 Å². The minimum absolute atomic E-state index is 0.0104. The van der Waals surface area contributed by atoms with E-state index in [0.717, 1.165) is 44.9 Å². The fourth-order valence-electron chi connectivity index (χ4n) is 5.63. The second-order valence-electron chi connectivity index (χ2n) is 13.2. The van der Waals surface area contributed by atoms with Gasteiger partial charge in [-0.1, -0.05) is 166 Å². The molecule has 5 nitrogen and oxygen atoms in total. The van der Waals surface area contributed by atoms with Crippen LogP contribution in [0.1, 0.15) is 187 Å². The molecule has 0 aromatic carbocycles. The second kappa shape index (κ2) is 35.4. The van der Waals surface area contributed by atoms with Gasteiger partial charge in [-0.3, -0.25) is 4.79 Å². The fourth-order valence-corrected chi connectivity index (χ4v) is 5.63. The molecule has 0 aliphatic heterocycles. The molecule has 0 aromatic rings. The molecule has 0 aromatic heterocycles. The van der Waals surface area contributed by atoms with Gasteiger partial charge in [-0.2, -0.15) is 0 Å². The molecule has 1 amide bonds. The van der Waals surface area contributed by atoms with Crippen molar-refractivity contribution < 1.29 is 20.1 Å². The third-order valence-corrected chi connectivity index (χ3v) is 8.65. The number of unbranched alkanes of at least 4 members (excludes halogenated alkanes) is 21. The minimum Gasteiger partial charge on any atom is -0.394 e. The van der Waals surface area contributed by atoms with E-state index in [0.29, 0.717) is 6.42 Å². The van der Waals surface area contributed by atoms with E-state index in [9.17, 15) is 20.1 Å². The van der Waals surface area contributed by atoms with E-state index in [4.69, 9.17) is 0 Å². The fraction of sp³-hybridized carbons (Fsp3) is 0.825. The number of rotatable bonds is 34. The zero-order valence-electron chi connectivity index (χ0n) is 29.7. The Bertz CT molecular complexity index is 704. The lowest BCUT2D eigenvalue weighted by molar-refractivity contribution is -0.124. The first-order chi connectivity index (χ1) is 22.0. The summed E-state index contributed by atoms with van der Waals surface area (Å²) in [4.78, 5) is 12.3. The summed E-state index contributed by atoms with van der Waals surface area (Å²) >= 11 is 0. The van der Waals surface area contributed by atoms with Crippen molar-refractivity contribution in [3.63, 3.8) is 0 Å². The van der Waals surface area contributed by atoms with E-state index in [1.165, 1.54) is 116 Å². The first-order valence-corrected chi connectivity index (χ1v) is 19.3. The lowest BCUT2D eigenvalue weighted by Crippen LogP contribution is -2.45. The molecule has 4 N–H and O–H groups in total. The Morgan fingerprint density at radius 3 is 1.49 bits per heavy atom. The van der Waals surface area contributed by atoms with E-state index in [-0.39, 0.29) is 18.9 Å². The molecule has 3 atom stereocenters. The Labute approximate surface area is 279 Å². The van der Waals surface area contributed by atoms with Crippen molar-refractivity contribution in [2.24, 2.45) is 0 Å². The van der Waals surface area contributed by atoms with Gasteiger partial charge in [0.05, 0.1) is 31.3 Å². The summed E-state index contributed by atoms with van der Waals surface area (Å²) in [5.41, 5.74) is 0. The first kappa shape index (κ1) is 43.6. The molecular formula is C40H75NO4. The van der Waals surface area contributed by atoms with E-state index >= 15 is 0 Å². The maximum atomic E-state index is 12.3. The zero-order valence-corrected chi connectivity index (χ0v) is 29.7. The van der Waals surface area contributed by atoms with Crippen LogP contribution in [0.2, 0.25) is 0 Å². The van der Waals surface area contributed by atoms with E-state index in [2.05, 4.69) is 43.5 Å². The Morgan fingerprint density at radius 1 is 0.556 bits per heavy atom. The summed E-state index contributed by atoms with van der Waals surface area (Å²) in [7, 11) is 0. The van der Waals surface area contributed by atoms with Gasteiger partial charge in [0.2, 0.25) is 5.91 Å². The molecule has 0 aliphatic carbocycles. The highest BCUT2D eigenvalue weighted by molar-refractivity contribution is 5.76. The molecule has 0 rings (SSSR count). The molecule has 0 aliphatic rings. The van der Waals surface area contributed by atoms with Crippen LogP contribution in [0.25, 0.3) is 0 Å². The van der Waals surface area contributed by atoms with E-state index in [1.807, 2.05) is 6.08 Å². The highest BCUT2D eigenvalue weighted by Gasteiger charge is 2.20. The molecule has 0 heterocycles. The van der Waals surface area contributed by atoms with Crippen molar-refractivity contribution in [1.82, 2.24) is 5.32 Å². The Morgan fingerprint density at radius 2 is 0.978 bits per heavy atom. The topological polar surface area (TPSA) is 89.8 Å². The molecule has 0 fully saturated rings. The van der Waals surface area contributed by atoms with Crippen LogP contribution in [0.3, 0.4) is 0 Å². The molecular weight excluding hydrogens is 558 g/mol. The smallest absolute Gasteiger partial charge is 0.222 e. The Kier molecular flexibility index (Phi) is 34.3. The van der Waals surface area contributed by atoms with Crippen LogP contribution in [0.5, 0.6) is 0 Å². The molecule has 5 heteroatoms. The largest absolute Gasteiger partial charge is 0.394 e. The Balaban J connectivity index is 3.71. The Hall–Kier alpha value is -1.43. The summed E-state index contributed by atoms with van der Waals surface area (Å²) in [5.74, 6) is -0.342. The lowest BCUT2D eigenvalue weighted by atomic mass is 10.0. The number of hydrogen-bond acceptors (Lipinski definition) is 4. The third-order valence-electron chi connectivity index (χ3n) is 8.65. The van der Waals surface area contributed by atoms with Gasteiger partial charge in [-0.15, -0.1) is 0 Å². The quantitative estimate of drug-likeness (QED) is 0.0419. The molecule has 0 spiro atoms. The summed E-state index contributed by atoms with van der Waals surface area (Å²) < 4.78 is 0. The van der Waals surface area contributed by atoms with Crippen molar-refractivity contribution in [3.05, 3.63) is 36.5 Å². The van der Waals surface area contributed by atoms with Crippen molar-refractivity contribution in [2.45, 2.75) is 205 Å². The van der Waals surface area contributed by atoms with E-state index in [1.54, 1.807) is 6.08 Å². The molecule has 0 bridgehead atoms. The van der Waals surface area contributed by atoms with Crippen molar-refractivity contribution in [2.75, 3.05) is 6.61 Å². The molecule has 0 radical (unpaired) electrons. The average Bonchev–Trinajstić information content (AvgIpc) is 3.03. The average molecular weight is 634 g/mol. The normalized spacial score (nSPS) is 14.2. The SMILES string of the molecule is CCCC/C=C\CCCCC(O)CC(=O)NC(CO)C(O)/C=C/CC/C=C/CCCCCCCCCCCCCCCCCC. The second-order valence-corrected chi connectivity index (χ2v) is 13.2. The first-order valence-electron chi connectivity index (χ1n) is 19.3. The van der Waals surface area contributed by atoms with E-state index < -0.39 is 18.2 Å². The van der Waals surface area contributed by atoms with Crippen molar-refractivity contribution in [3.8, 4) is 0 Å². The molecule has 0 saturated heterocycles. The third kappa shape index (κ3) is 32.3. The zero-order chi connectivity index (χ0) is 33.1.